The molecule has 3 rings (SSSR count). The highest BCUT2D eigenvalue weighted by Gasteiger charge is 2.23. The molecule has 5 nitrogen and oxygen atoms in total. The van der Waals surface area contributed by atoms with Crippen molar-refractivity contribution in [2.75, 3.05) is 26.7 Å². The van der Waals surface area contributed by atoms with Crippen molar-refractivity contribution in [1.82, 2.24) is 9.80 Å². The monoisotopic (exact) mass is 544 g/mol. The van der Waals surface area contributed by atoms with Crippen molar-refractivity contribution in [2.45, 2.75) is 79.0 Å². The van der Waals surface area contributed by atoms with Gasteiger partial charge < -0.3 is 19.3 Å². The predicted octanol–water partition coefficient (Wildman–Crippen LogP) is 7.77. The largest absolute Gasteiger partial charge is 0.493 e. The lowest BCUT2D eigenvalue weighted by Gasteiger charge is -2.31. The molecule has 0 aliphatic rings. The van der Waals surface area contributed by atoms with Crippen LogP contribution in [0.25, 0.3) is 0 Å². The van der Waals surface area contributed by atoms with Gasteiger partial charge in [-0.2, -0.15) is 0 Å². The first kappa shape index (κ1) is 31.2. The van der Waals surface area contributed by atoms with Crippen LogP contribution < -0.4 is 9.47 Å². The van der Waals surface area contributed by atoms with Crippen molar-refractivity contribution in [3.05, 3.63) is 95.1 Å². The molecule has 1 amide bonds. The van der Waals surface area contributed by atoms with Crippen molar-refractivity contribution in [3.63, 3.8) is 0 Å². The lowest BCUT2D eigenvalue weighted by Crippen LogP contribution is -2.38. The van der Waals surface area contributed by atoms with Crippen LogP contribution in [0.5, 0.6) is 11.5 Å². The van der Waals surface area contributed by atoms with Crippen LogP contribution in [0.2, 0.25) is 0 Å². The molecule has 0 aliphatic heterocycles. The number of rotatable bonds is 17. The number of hydrogen-bond acceptors (Lipinski definition) is 4. The van der Waals surface area contributed by atoms with Crippen LogP contribution in [0.3, 0.4) is 0 Å². The topological polar surface area (TPSA) is 42.0 Å². The standard InChI is InChI=1S/C35H48N2O3/c1-6-9-15-29-18-21-32(22-19-29)35(38)37(28(4)14-13-24-36(7-2)8-3)26-31-20-23-33(39-5)34(25-31)40-27-30-16-11-10-12-17-30/h10-12,16-23,25,28H,6-9,13-15,24,26-27H2,1-5H3. The molecule has 5 heteroatoms. The summed E-state index contributed by atoms with van der Waals surface area (Å²) in [6.07, 6.45) is 5.38. The Bertz CT molecular complexity index is 1140. The number of hydrogen-bond donors (Lipinski definition) is 0. The number of unbranched alkanes of at least 4 members (excludes halogenated alkanes) is 1. The summed E-state index contributed by atoms with van der Waals surface area (Å²) in [5, 5.41) is 0. The first-order valence-electron chi connectivity index (χ1n) is 14.9. The smallest absolute Gasteiger partial charge is 0.254 e. The van der Waals surface area contributed by atoms with Gasteiger partial charge in [-0.15, -0.1) is 0 Å². The van der Waals surface area contributed by atoms with Gasteiger partial charge in [0.05, 0.1) is 7.11 Å². The molecule has 0 N–H and O–H groups in total. The highest BCUT2D eigenvalue weighted by Crippen LogP contribution is 2.30. The second kappa shape index (κ2) is 16.7. The van der Waals surface area contributed by atoms with Crippen LogP contribution in [0.1, 0.15) is 80.4 Å². The molecule has 0 saturated carbocycles. The van der Waals surface area contributed by atoms with Crippen molar-refractivity contribution < 1.29 is 14.3 Å². The molecule has 0 saturated heterocycles. The number of carbonyl (C=O) groups excluding carboxylic acids is 1. The van der Waals surface area contributed by atoms with Gasteiger partial charge in [0, 0.05) is 18.2 Å². The molecule has 0 radical (unpaired) electrons. The van der Waals surface area contributed by atoms with Crippen LogP contribution in [0, 0.1) is 0 Å². The van der Waals surface area contributed by atoms with E-state index >= 15 is 0 Å². The van der Waals surface area contributed by atoms with Crippen molar-refractivity contribution in [1.29, 1.82) is 0 Å². The maximum atomic E-state index is 13.9. The Balaban J connectivity index is 1.80. The summed E-state index contributed by atoms with van der Waals surface area (Å²) in [6, 6.07) is 24.4. The molecule has 1 atom stereocenters. The zero-order valence-electron chi connectivity index (χ0n) is 25.2. The third-order valence-corrected chi connectivity index (χ3v) is 7.62. The van der Waals surface area contributed by atoms with Crippen LogP contribution in [-0.4, -0.2) is 48.5 Å². The number of methoxy groups -OCH3 is 1. The summed E-state index contributed by atoms with van der Waals surface area (Å²) < 4.78 is 11.8. The van der Waals surface area contributed by atoms with Gasteiger partial charge in [-0.1, -0.05) is 75.7 Å². The maximum Gasteiger partial charge on any atom is 0.254 e. The Morgan fingerprint density at radius 2 is 1.52 bits per heavy atom. The quantitative estimate of drug-likeness (QED) is 0.174. The van der Waals surface area contributed by atoms with Gasteiger partial charge in [-0.25, -0.2) is 0 Å². The third-order valence-electron chi connectivity index (χ3n) is 7.62. The van der Waals surface area contributed by atoms with Crippen LogP contribution in [0.4, 0.5) is 0 Å². The van der Waals surface area contributed by atoms with E-state index < -0.39 is 0 Å². The summed E-state index contributed by atoms with van der Waals surface area (Å²) in [5.41, 5.74) is 4.14. The maximum absolute atomic E-state index is 13.9. The molecule has 0 spiro atoms. The fourth-order valence-corrected chi connectivity index (χ4v) is 4.96. The van der Waals surface area contributed by atoms with Gasteiger partial charge >= 0.3 is 0 Å². The van der Waals surface area contributed by atoms with E-state index in [2.05, 4.69) is 44.7 Å². The Labute approximate surface area is 242 Å². The van der Waals surface area contributed by atoms with Gasteiger partial charge in [-0.3, -0.25) is 4.79 Å². The van der Waals surface area contributed by atoms with Gasteiger partial charge in [0.2, 0.25) is 0 Å². The lowest BCUT2D eigenvalue weighted by atomic mass is 10.0. The molecule has 40 heavy (non-hydrogen) atoms. The highest BCUT2D eigenvalue weighted by molar-refractivity contribution is 5.94. The minimum Gasteiger partial charge on any atom is -0.493 e. The van der Waals surface area contributed by atoms with E-state index in [4.69, 9.17) is 9.47 Å². The van der Waals surface area contributed by atoms with Crippen LogP contribution >= 0.6 is 0 Å². The van der Waals surface area contributed by atoms with E-state index in [0.29, 0.717) is 24.7 Å². The molecule has 1 unspecified atom stereocenters. The van der Waals surface area contributed by atoms with Gasteiger partial charge in [-0.05, 0) is 93.2 Å². The van der Waals surface area contributed by atoms with Crippen molar-refractivity contribution >= 4 is 5.91 Å². The molecule has 3 aromatic carbocycles. The second-order valence-electron chi connectivity index (χ2n) is 10.5. The van der Waals surface area contributed by atoms with E-state index in [1.54, 1.807) is 7.11 Å². The van der Waals surface area contributed by atoms with Gasteiger partial charge in [0.15, 0.2) is 11.5 Å². The third kappa shape index (κ3) is 9.41. The average molecular weight is 545 g/mol. The SMILES string of the molecule is CCCCc1ccc(C(=O)N(Cc2ccc(OC)c(OCc3ccccc3)c2)C(C)CCCN(CC)CC)cc1. The summed E-state index contributed by atoms with van der Waals surface area (Å²) in [5.74, 6) is 1.44. The number of amides is 1. The lowest BCUT2D eigenvalue weighted by molar-refractivity contribution is 0.0662. The molecular formula is C35H48N2O3. The van der Waals surface area contributed by atoms with E-state index in [9.17, 15) is 4.79 Å². The number of nitrogens with zero attached hydrogens (tertiary/aromatic N) is 2. The Morgan fingerprint density at radius 3 is 2.17 bits per heavy atom. The minimum atomic E-state index is 0.0694. The van der Waals surface area contributed by atoms with Crippen molar-refractivity contribution in [3.8, 4) is 11.5 Å². The zero-order chi connectivity index (χ0) is 28.7. The van der Waals surface area contributed by atoms with E-state index in [1.807, 2.05) is 65.6 Å². The predicted molar refractivity (Wildman–Crippen MR) is 165 cm³/mol. The number of ether oxygens (including phenoxy) is 2. The molecule has 0 aromatic heterocycles. The van der Waals surface area contributed by atoms with Crippen LogP contribution in [0.15, 0.2) is 72.8 Å². The Hall–Kier alpha value is -3.31. The summed E-state index contributed by atoms with van der Waals surface area (Å²) in [6.45, 7) is 12.9. The first-order valence-corrected chi connectivity index (χ1v) is 14.9. The Kier molecular flexibility index (Phi) is 13.0. The normalized spacial score (nSPS) is 11.8. The Morgan fingerprint density at radius 1 is 0.825 bits per heavy atom. The second-order valence-corrected chi connectivity index (χ2v) is 10.5. The first-order chi connectivity index (χ1) is 19.5. The molecule has 3 aromatic rings. The molecule has 0 aliphatic carbocycles. The highest BCUT2D eigenvalue weighted by atomic mass is 16.5. The molecule has 216 valence electrons. The molecule has 0 heterocycles. The average Bonchev–Trinajstić information content (AvgIpc) is 3.00. The summed E-state index contributed by atoms with van der Waals surface area (Å²) in [4.78, 5) is 18.4. The molecule has 0 bridgehead atoms. The minimum absolute atomic E-state index is 0.0694. The number of benzene rings is 3. The van der Waals surface area contributed by atoms with E-state index in [-0.39, 0.29) is 11.9 Å². The summed E-state index contributed by atoms with van der Waals surface area (Å²) >= 11 is 0. The fourth-order valence-electron chi connectivity index (χ4n) is 4.96. The summed E-state index contributed by atoms with van der Waals surface area (Å²) in [7, 11) is 1.66. The van der Waals surface area contributed by atoms with Gasteiger partial charge in [0.25, 0.3) is 5.91 Å². The van der Waals surface area contributed by atoms with Crippen LogP contribution in [-0.2, 0) is 19.6 Å². The fraction of sp³-hybridized carbons (Fsp3) is 0.457. The van der Waals surface area contributed by atoms with Crippen molar-refractivity contribution in [2.24, 2.45) is 0 Å². The molecular weight excluding hydrogens is 496 g/mol. The zero-order valence-corrected chi connectivity index (χ0v) is 25.2. The van der Waals surface area contributed by atoms with E-state index in [0.717, 1.165) is 62.0 Å². The van der Waals surface area contributed by atoms with E-state index in [1.165, 1.54) is 12.0 Å². The number of aryl methyl sites for hydroxylation is 1. The van der Waals surface area contributed by atoms with Gasteiger partial charge in [0.1, 0.15) is 6.61 Å². The number of carbonyl (C=O) groups is 1. The molecule has 0 fully saturated rings.